The molecular weight excluding hydrogens is 384 g/mol. The van der Waals surface area contributed by atoms with Crippen LogP contribution in [-0.4, -0.2) is 29.7 Å². The van der Waals surface area contributed by atoms with Gasteiger partial charge >= 0.3 is 12.1 Å². The van der Waals surface area contributed by atoms with Gasteiger partial charge in [0.25, 0.3) is 5.56 Å². The number of hydrogen-bond donors (Lipinski definition) is 1. The van der Waals surface area contributed by atoms with Gasteiger partial charge in [0.15, 0.2) is 6.61 Å². The number of alkyl halides is 3. The molecule has 0 aliphatic rings. The first-order chi connectivity index (χ1) is 12.1. The lowest BCUT2D eigenvalue weighted by molar-refractivity contribution is -0.143. The average molecular weight is 395 g/mol. The number of methoxy groups -OCH3 is 1. The van der Waals surface area contributed by atoms with Crippen molar-refractivity contribution in [3.05, 3.63) is 56.5 Å². The van der Waals surface area contributed by atoms with Crippen molar-refractivity contribution in [2.75, 3.05) is 13.7 Å². The third-order valence-corrected chi connectivity index (χ3v) is 3.49. The van der Waals surface area contributed by atoms with E-state index in [2.05, 4.69) is 9.72 Å². The number of benzene rings is 1. The van der Waals surface area contributed by atoms with E-state index in [-0.39, 0.29) is 22.0 Å². The van der Waals surface area contributed by atoms with Gasteiger partial charge in [-0.05, 0) is 17.7 Å². The molecule has 0 saturated carbocycles. The number of halogens is 5. The highest BCUT2D eigenvalue weighted by Gasteiger charge is 2.32. The summed E-state index contributed by atoms with van der Waals surface area (Å²) in [5, 5.41) is -0.135. The van der Waals surface area contributed by atoms with Crippen LogP contribution in [-0.2, 0) is 22.1 Å². The Bertz CT molecular complexity index is 883. The zero-order chi connectivity index (χ0) is 19.5. The van der Waals surface area contributed by atoms with E-state index in [9.17, 15) is 27.2 Å². The number of ether oxygens (including phenoxy) is 2. The summed E-state index contributed by atoms with van der Waals surface area (Å²) in [5.74, 6) is -1.58. The topological polar surface area (TPSA) is 81.3 Å². The van der Waals surface area contributed by atoms with E-state index in [1.165, 1.54) is 0 Å². The maximum atomic E-state index is 14.0. The fourth-order valence-corrected chi connectivity index (χ4v) is 2.10. The Labute approximate surface area is 148 Å². The summed E-state index contributed by atoms with van der Waals surface area (Å²) in [6.07, 6.45) is -4.73. The number of carbonyl (C=O) groups is 1. The lowest BCUT2D eigenvalue weighted by Crippen LogP contribution is -2.21. The van der Waals surface area contributed by atoms with Crippen LogP contribution in [0.1, 0.15) is 17.0 Å². The van der Waals surface area contributed by atoms with E-state index in [1.54, 1.807) is 4.98 Å². The van der Waals surface area contributed by atoms with Gasteiger partial charge in [-0.25, -0.2) is 9.18 Å². The molecule has 1 heterocycles. The molecule has 11 heteroatoms. The van der Waals surface area contributed by atoms with Crippen LogP contribution in [0.4, 0.5) is 17.6 Å². The van der Waals surface area contributed by atoms with E-state index in [0.29, 0.717) is 6.20 Å². The van der Waals surface area contributed by atoms with Crippen LogP contribution in [0.15, 0.2) is 23.1 Å². The van der Waals surface area contributed by atoms with Gasteiger partial charge in [-0.3, -0.25) is 9.78 Å². The van der Waals surface area contributed by atoms with Crippen molar-refractivity contribution in [2.45, 2.75) is 12.6 Å². The van der Waals surface area contributed by atoms with Crippen LogP contribution in [0.25, 0.3) is 0 Å². The number of aromatic amines is 1. The fourth-order valence-electron chi connectivity index (χ4n) is 1.89. The normalized spacial score (nSPS) is 11.3. The van der Waals surface area contributed by atoms with Crippen LogP contribution < -0.4 is 10.3 Å². The number of nitrogens with zero attached hydrogens (tertiary/aromatic N) is 1. The minimum atomic E-state index is -4.76. The molecule has 0 fully saturated rings. The summed E-state index contributed by atoms with van der Waals surface area (Å²) < 4.78 is 61.1. The molecule has 0 unspecified atom stereocenters. The number of rotatable bonds is 5. The third kappa shape index (κ3) is 4.72. The molecule has 6 nitrogen and oxygen atoms in total. The molecule has 0 atom stereocenters. The number of carbonyl (C=O) groups excluding carboxylic acids is 1. The second-order valence-electron chi connectivity index (χ2n) is 4.99. The van der Waals surface area contributed by atoms with E-state index in [0.717, 1.165) is 19.2 Å². The van der Waals surface area contributed by atoms with Gasteiger partial charge in [-0.1, -0.05) is 11.6 Å². The minimum absolute atomic E-state index is 0.0585. The zero-order valence-electron chi connectivity index (χ0n) is 13.1. The van der Waals surface area contributed by atoms with E-state index in [4.69, 9.17) is 16.3 Å². The predicted octanol–water partition coefficient (Wildman–Crippen LogP) is 2.72. The quantitative estimate of drug-likeness (QED) is 0.623. The molecule has 0 bridgehead atoms. The number of aromatic nitrogens is 2. The summed E-state index contributed by atoms with van der Waals surface area (Å²) in [6, 6.07) is 2.02. The summed E-state index contributed by atoms with van der Waals surface area (Å²) >= 11 is 5.81. The number of hydrogen-bond acceptors (Lipinski definition) is 5. The van der Waals surface area contributed by atoms with E-state index in [1.807, 2.05) is 0 Å². The second-order valence-corrected chi connectivity index (χ2v) is 5.39. The highest BCUT2D eigenvalue weighted by molar-refractivity contribution is 6.32. The third-order valence-electron chi connectivity index (χ3n) is 3.20. The van der Waals surface area contributed by atoms with Crippen molar-refractivity contribution in [2.24, 2.45) is 0 Å². The number of esters is 1. The van der Waals surface area contributed by atoms with Gasteiger partial charge in [-0.2, -0.15) is 13.2 Å². The molecule has 0 amide bonds. The molecule has 0 radical (unpaired) electrons. The molecule has 26 heavy (non-hydrogen) atoms. The lowest BCUT2D eigenvalue weighted by atomic mass is 10.1. The zero-order valence-corrected chi connectivity index (χ0v) is 13.9. The maximum absolute atomic E-state index is 14.0. The summed E-state index contributed by atoms with van der Waals surface area (Å²) in [5.41, 5.74) is -2.86. The Morgan fingerprint density at radius 2 is 2.04 bits per heavy atom. The van der Waals surface area contributed by atoms with Gasteiger partial charge in [0.1, 0.15) is 23.0 Å². The SMILES string of the molecule is COC(=O)COc1cc(Cc2ncc(C(F)(F)F)[nH]c2=O)c(F)cc1Cl. The van der Waals surface area contributed by atoms with Crippen LogP contribution in [0.5, 0.6) is 5.75 Å². The van der Waals surface area contributed by atoms with Crippen molar-refractivity contribution in [1.82, 2.24) is 9.97 Å². The molecule has 0 aliphatic carbocycles. The minimum Gasteiger partial charge on any atom is -0.480 e. The van der Waals surface area contributed by atoms with Crippen molar-refractivity contribution >= 4 is 17.6 Å². The van der Waals surface area contributed by atoms with Crippen LogP contribution in [0, 0.1) is 5.82 Å². The van der Waals surface area contributed by atoms with Crippen LogP contribution >= 0.6 is 11.6 Å². The first-order valence-electron chi connectivity index (χ1n) is 6.94. The Balaban J connectivity index is 2.29. The van der Waals surface area contributed by atoms with Gasteiger partial charge in [0.05, 0.1) is 18.3 Å². The first kappa shape index (κ1) is 19.7. The van der Waals surface area contributed by atoms with E-state index < -0.39 is 42.2 Å². The van der Waals surface area contributed by atoms with Gasteiger partial charge < -0.3 is 14.5 Å². The van der Waals surface area contributed by atoms with Crippen molar-refractivity contribution in [3.63, 3.8) is 0 Å². The van der Waals surface area contributed by atoms with Crippen molar-refractivity contribution in [3.8, 4) is 5.75 Å². The van der Waals surface area contributed by atoms with Crippen LogP contribution in [0.2, 0.25) is 5.02 Å². The number of nitrogens with one attached hydrogen (secondary N) is 1. The Kier molecular flexibility index (Phi) is 5.86. The molecule has 0 aliphatic heterocycles. The summed E-state index contributed by atoms with van der Waals surface area (Å²) in [7, 11) is 1.14. The van der Waals surface area contributed by atoms with E-state index >= 15 is 0 Å². The van der Waals surface area contributed by atoms with Crippen molar-refractivity contribution in [1.29, 1.82) is 0 Å². The predicted molar refractivity (Wildman–Crippen MR) is 81.6 cm³/mol. The Morgan fingerprint density at radius 3 is 2.62 bits per heavy atom. The number of H-pyrrole nitrogens is 1. The first-order valence-corrected chi connectivity index (χ1v) is 7.32. The van der Waals surface area contributed by atoms with Gasteiger partial charge in [-0.15, -0.1) is 0 Å². The maximum Gasteiger partial charge on any atom is 0.432 e. The monoisotopic (exact) mass is 394 g/mol. The molecule has 2 aromatic rings. The van der Waals surface area contributed by atoms with Gasteiger partial charge in [0, 0.05) is 6.42 Å². The summed E-state index contributed by atoms with van der Waals surface area (Å²) in [4.78, 5) is 27.9. The smallest absolute Gasteiger partial charge is 0.432 e. The van der Waals surface area contributed by atoms with Crippen molar-refractivity contribution < 1.29 is 31.8 Å². The standard InChI is InChI=1S/C15H11ClF4N2O4/c1-25-13(23)6-26-11-3-7(9(17)4-8(11)16)2-10-14(24)22-12(5-21-10)15(18,19)20/h3-5H,2,6H2,1H3,(H,22,24). The molecule has 0 spiro atoms. The highest BCUT2D eigenvalue weighted by atomic mass is 35.5. The Hall–Kier alpha value is -2.62. The molecular formula is C15H11ClF4N2O4. The lowest BCUT2D eigenvalue weighted by Gasteiger charge is -2.11. The molecule has 140 valence electrons. The highest BCUT2D eigenvalue weighted by Crippen LogP contribution is 2.29. The summed E-state index contributed by atoms with van der Waals surface area (Å²) in [6.45, 7) is -0.486. The molecule has 1 aromatic heterocycles. The molecule has 1 N–H and O–H groups in total. The molecule has 2 rings (SSSR count). The van der Waals surface area contributed by atoms with Crippen LogP contribution in [0.3, 0.4) is 0 Å². The molecule has 1 aromatic carbocycles. The largest absolute Gasteiger partial charge is 0.480 e. The second kappa shape index (κ2) is 7.73. The Morgan fingerprint density at radius 1 is 1.35 bits per heavy atom. The average Bonchev–Trinajstić information content (AvgIpc) is 2.56. The molecule has 0 saturated heterocycles. The van der Waals surface area contributed by atoms with Gasteiger partial charge in [0.2, 0.25) is 0 Å². The fraction of sp³-hybridized carbons (Fsp3) is 0.267.